The lowest BCUT2D eigenvalue weighted by Gasteiger charge is -2.33. The molecule has 5 heterocycles. The molecule has 0 aromatic carbocycles. The van der Waals surface area contributed by atoms with Crippen LogP contribution in [0.2, 0.25) is 0 Å². The third-order valence-corrected chi connectivity index (χ3v) is 6.96. The van der Waals surface area contributed by atoms with Gasteiger partial charge >= 0.3 is 0 Å². The number of hydrogen-bond acceptors (Lipinski definition) is 6. The Morgan fingerprint density at radius 1 is 1.14 bits per heavy atom. The molecule has 180 valence electrons. The SMILES string of the molecule is C=CC(=O)N1CCC[C@H](C(=O)N2CC[C@H](n3cc(-c4cc(OC)c5c(C#N)cnn5c4)cn3)C2)C1. The first-order chi connectivity index (χ1) is 17.0. The van der Waals surface area contributed by atoms with Crippen molar-refractivity contribution in [3.05, 3.63) is 49.1 Å². The quantitative estimate of drug-likeness (QED) is 0.526. The lowest BCUT2D eigenvalue weighted by atomic mass is 9.96. The number of rotatable bonds is 5. The molecular formula is C25H27N7O3. The summed E-state index contributed by atoms with van der Waals surface area (Å²) in [5.41, 5.74) is 2.85. The van der Waals surface area contributed by atoms with Gasteiger partial charge in [-0.15, -0.1) is 0 Å². The van der Waals surface area contributed by atoms with Gasteiger partial charge in [0.15, 0.2) is 0 Å². The summed E-state index contributed by atoms with van der Waals surface area (Å²) in [6.07, 6.45) is 10.9. The van der Waals surface area contributed by atoms with Crippen LogP contribution in [0.25, 0.3) is 16.6 Å². The number of piperidine rings is 1. The van der Waals surface area contributed by atoms with E-state index in [1.807, 2.05) is 28.0 Å². The second-order valence-corrected chi connectivity index (χ2v) is 9.02. The van der Waals surface area contributed by atoms with Gasteiger partial charge in [0, 0.05) is 49.7 Å². The van der Waals surface area contributed by atoms with Gasteiger partial charge in [0.25, 0.3) is 0 Å². The van der Waals surface area contributed by atoms with E-state index >= 15 is 0 Å². The van der Waals surface area contributed by atoms with Crippen molar-refractivity contribution in [2.45, 2.75) is 25.3 Å². The molecule has 0 spiro atoms. The minimum Gasteiger partial charge on any atom is -0.494 e. The van der Waals surface area contributed by atoms with E-state index in [1.165, 1.54) is 12.3 Å². The number of likely N-dealkylation sites (tertiary alicyclic amines) is 2. The first kappa shape index (κ1) is 22.7. The maximum atomic E-state index is 13.2. The van der Waals surface area contributed by atoms with E-state index in [2.05, 4.69) is 22.8 Å². The summed E-state index contributed by atoms with van der Waals surface area (Å²) in [4.78, 5) is 28.8. The average Bonchev–Trinajstić information content (AvgIpc) is 3.66. The number of hydrogen-bond donors (Lipinski definition) is 0. The summed E-state index contributed by atoms with van der Waals surface area (Å²) >= 11 is 0. The minimum atomic E-state index is -0.161. The fraction of sp³-hybridized carbons (Fsp3) is 0.400. The van der Waals surface area contributed by atoms with E-state index in [9.17, 15) is 14.9 Å². The number of aromatic nitrogens is 4. The number of nitrogens with zero attached hydrogens (tertiary/aromatic N) is 7. The maximum absolute atomic E-state index is 13.2. The highest BCUT2D eigenvalue weighted by molar-refractivity contribution is 5.88. The molecule has 0 aliphatic carbocycles. The Morgan fingerprint density at radius 3 is 2.77 bits per heavy atom. The van der Waals surface area contributed by atoms with Crippen LogP contribution < -0.4 is 4.74 Å². The van der Waals surface area contributed by atoms with E-state index < -0.39 is 0 Å². The lowest BCUT2D eigenvalue weighted by molar-refractivity contribution is -0.138. The number of pyridine rings is 1. The topological polar surface area (TPSA) is 109 Å². The fourth-order valence-electron chi connectivity index (χ4n) is 5.09. The third kappa shape index (κ3) is 4.14. The van der Waals surface area contributed by atoms with Crippen LogP contribution in [0.5, 0.6) is 5.75 Å². The van der Waals surface area contributed by atoms with E-state index in [4.69, 9.17) is 4.74 Å². The molecule has 0 unspecified atom stereocenters. The van der Waals surface area contributed by atoms with Gasteiger partial charge in [-0.2, -0.15) is 15.5 Å². The van der Waals surface area contributed by atoms with Crippen LogP contribution in [0.4, 0.5) is 0 Å². The first-order valence-corrected chi connectivity index (χ1v) is 11.7. The van der Waals surface area contributed by atoms with Crippen LogP contribution in [0.15, 0.2) is 43.5 Å². The molecule has 0 N–H and O–H groups in total. The summed E-state index contributed by atoms with van der Waals surface area (Å²) in [6, 6.07) is 4.10. The van der Waals surface area contributed by atoms with Gasteiger partial charge in [-0.05, 0) is 31.4 Å². The van der Waals surface area contributed by atoms with Crippen molar-refractivity contribution >= 4 is 17.3 Å². The van der Waals surface area contributed by atoms with Gasteiger partial charge in [0.05, 0.1) is 31.5 Å². The van der Waals surface area contributed by atoms with Crippen LogP contribution in [0.3, 0.4) is 0 Å². The zero-order valence-electron chi connectivity index (χ0n) is 19.6. The second kappa shape index (κ2) is 9.25. The molecule has 2 fully saturated rings. The summed E-state index contributed by atoms with van der Waals surface area (Å²) in [7, 11) is 1.57. The van der Waals surface area contributed by atoms with E-state index in [0.29, 0.717) is 43.0 Å². The molecule has 3 aromatic rings. The van der Waals surface area contributed by atoms with Crippen LogP contribution in [0, 0.1) is 17.2 Å². The van der Waals surface area contributed by atoms with Crippen molar-refractivity contribution in [2.75, 3.05) is 33.3 Å². The number of amides is 2. The van der Waals surface area contributed by atoms with Gasteiger partial charge < -0.3 is 14.5 Å². The molecule has 0 bridgehead atoms. The molecule has 35 heavy (non-hydrogen) atoms. The molecule has 2 amide bonds. The summed E-state index contributed by atoms with van der Waals surface area (Å²) in [5.74, 6) is 0.410. The molecule has 2 aliphatic rings. The fourth-order valence-corrected chi connectivity index (χ4v) is 5.09. The van der Waals surface area contributed by atoms with Crippen LogP contribution in [-0.2, 0) is 9.59 Å². The van der Waals surface area contributed by atoms with Gasteiger partial charge in [-0.3, -0.25) is 14.3 Å². The van der Waals surface area contributed by atoms with Crippen molar-refractivity contribution in [3.8, 4) is 22.9 Å². The minimum absolute atomic E-state index is 0.0859. The van der Waals surface area contributed by atoms with Crippen molar-refractivity contribution in [3.63, 3.8) is 0 Å². The zero-order chi connectivity index (χ0) is 24.5. The number of methoxy groups -OCH3 is 1. The monoisotopic (exact) mass is 473 g/mol. The zero-order valence-corrected chi connectivity index (χ0v) is 19.6. The predicted molar refractivity (Wildman–Crippen MR) is 127 cm³/mol. The van der Waals surface area contributed by atoms with E-state index in [-0.39, 0.29) is 23.8 Å². The molecular weight excluding hydrogens is 446 g/mol. The average molecular weight is 474 g/mol. The van der Waals surface area contributed by atoms with Gasteiger partial charge in [0.1, 0.15) is 22.9 Å². The number of fused-ring (bicyclic) bond motifs is 1. The van der Waals surface area contributed by atoms with Crippen molar-refractivity contribution in [1.82, 2.24) is 29.2 Å². The molecule has 10 heteroatoms. The van der Waals surface area contributed by atoms with Crippen LogP contribution in [-0.4, -0.2) is 74.3 Å². The molecule has 2 aliphatic heterocycles. The largest absolute Gasteiger partial charge is 0.494 e. The van der Waals surface area contributed by atoms with Crippen molar-refractivity contribution < 1.29 is 14.3 Å². The van der Waals surface area contributed by atoms with Gasteiger partial charge in [0.2, 0.25) is 11.8 Å². The number of ether oxygens (including phenoxy) is 1. The highest BCUT2D eigenvalue weighted by Crippen LogP contribution is 2.31. The third-order valence-electron chi connectivity index (χ3n) is 6.96. The van der Waals surface area contributed by atoms with Crippen LogP contribution in [0.1, 0.15) is 30.9 Å². The van der Waals surface area contributed by atoms with E-state index in [1.54, 1.807) is 22.7 Å². The Morgan fingerprint density at radius 2 is 2.00 bits per heavy atom. The summed E-state index contributed by atoms with van der Waals surface area (Å²) < 4.78 is 9.07. The summed E-state index contributed by atoms with van der Waals surface area (Å²) in [6.45, 7) is 5.97. The highest BCUT2D eigenvalue weighted by Gasteiger charge is 2.35. The normalized spacial score (nSPS) is 20.1. The van der Waals surface area contributed by atoms with Crippen molar-refractivity contribution in [2.24, 2.45) is 5.92 Å². The smallest absolute Gasteiger partial charge is 0.245 e. The Hall–Kier alpha value is -4.13. The second-order valence-electron chi connectivity index (χ2n) is 9.02. The highest BCUT2D eigenvalue weighted by atomic mass is 16.5. The van der Waals surface area contributed by atoms with Crippen LogP contribution >= 0.6 is 0 Å². The molecule has 10 nitrogen and oxygen atoms in total. The standard InChI is InChI=1S/C25H27N7O3/c1-3-23(33)29-7-4-5-17(13-29)25(34)30-8-6-21(16-30)31-15-20(12-27-31)18-9-22(35-2)24-19(10-26)11-28-32(24)14-18/h3,9,11-12,14-15,17,21H,1,4-8,13,16H2,2H3/t17-,21-/m0/s1. The van der Waals surface area contributed by atoms with Crippen molar-refractivity contribution in [1.29, 1.82) is 5.26 Å². The first-order valence-electron chi connectivity index (χ1n) is 11.7. The van der Waals surface area contributed by atoms with Gasteiger partial charge in [-0.1, -0.05) is 6.58 Å². The molecule has 0 radical (unpaired) electrons. The maximum Gasteiger partial charge on any atom is 0.245 e. The number of carbonyl (C=O) groups excluding carboxylic acids is 2. The number of nitriles is 1. The number of carbonyl (C=O) groups is 2. The predicted octanol–water partition coefficient (Wildman–Crippen LogP) is 2.28. The Kier molecular flexibility index (Phi) is 5.99. The summed E-state index contributed by atoms with van der Waals surface area (Å²) in [5, 5.41) is 18.2. The molecule has 3 aromatic heterocycles. The van der Waals surface area contributed by atoms with E-state index in [0.717, 1.165) is 30.4 Å². The Balaban J connectivity index is 1.30. The molecule has 5 rings (SSSR count). The lowest BCUT2D eigenvalue weighted by Crippen LogP contribution is -2.45. The Bertz CT molecular complexity index is 1330. The Labute approximate surface area is 203 Å². The molecule has 2 atom stereocenters. The molecule has 2 saturated heterocycles. The van der Waals surface area contributed by atoms with Gasteiger partial charge in [-0.25, -0.2) is 4.52 Å². The molecule has 0 saturated carbocycles.